The molecular formula is C11H17N5O. The number of nitrogens with zero attached hydrogens (tertiary/aromatic N) is 3. The molecule has 1 saturated heterocycles. The van der Waals surface area contributed by atoms with Crippen LogP contribution < -0.4 is 16.0 Å². The summed E-state index contributed by atoms with van der Waals surface area (Å²) in [5, 5.41) is 10.6. The van der Waals surface area contributed by atoms with Crippen LogP contribution in [0.5, 0.6) is 0 Å². The highest BCUT2D eigenvalue weighted by Gasteiger charge is 2.25. The molecule has 92 valence electrons. The molecule has 1 amide bonds. The molecule has 17 heavy (non-hydrogen) atoms. The summed E-state index contributed by atoms with van der Waals surface area (Å²) < 4.78 is 0. The molecule has 0 bridgehead atoms. The SMILES string of the molecule is CNC(=O)C1CCCN(c2ccc(N)nn2)C1. The summed E-state index contributed by atoms with van der Waals surface area (Å²) in [6.45, 7) is 1.60. The summed E-state index contributed by atoms with van der Waals surface area (Å²) in [4.78, 5) is 13.7. The lowest BCUT2D eigenvalue weighted by atomic mass is 9.97. The molecule has 2 heterocycles. The number of aromatic nitrogens is 2. The first kappa shape index (κ1) is 11.6. The van der Waals surface area contributed by atoms with Crippen molar-refractivity contribution < 1.29 is 4.79 Å². The summed E-state index contributed by atoms with van der Waals surface area (Å²) in [6, 6.07) is 3.57. The predicted octanol–water partition coefficient (Wildman–Crippen LogP) is 0.0212. The minimum atomic E-state index is 0.0353. The average molecular weight is 235 g/mol. The molecule has 6 heteroatoms. The lowest BCUT2D eigenvalue weighted by molar-refractivity contribution is -0.124. The quantitative estimate of drug-likeness (QED) is 0.755. The molecule has 1 aliphatic heterocycles. The molecule has 0 saturated carbocycles. The number of anilines is 2. The molecule has 3 N–H and O–H groups in total. The maximum absolute atomic E-state index is 11.6. The lowest BCUT2D eigenvalue weighted by Crippen LogP contribution is -2.42. The van der Waals surface area contributed by atoms with Gasteiger partial charge < -0.3 is 16.0 Å². The maximum Gasteiger partial charge on any atom is 0.224 e. The van der Waals surface area contributed by atoms with Gasteiger partial charge in [-0.2, -0.15) is 0 Å². The number of rotatable bonds is 2. The molecule has 0 radical (unpaired) electrons. The van der Waals surface area contributed by atoms with E-state index in [0.29, 0.717) is 12.4 Å². The summed E-state index contributed by atoms with van der Waals surface area (Å²) in [5.74, 6) is 1.33. The third-order valence-corrected chi connectivity index (χ3v) is 3.03. The van der Waals surface area contributed by atoms with E-state index >= 15 is 0 Å². The number of hydrogen-bond acceptors (Lipinski definition) is 5. The first-order valence-corrected chi connectivity index (χ1v) is 5.76. The van der Waals surface area contributed by atoms with Crippen LogP contribution in [0.2, 0.25) is 0 Å². The van der Waals surface area contributed by atoms with Crippen LogP contribution in [0.25, 0.3) is 0 Å². The number of amides is 1. The van der Waals surface area contributed by atoms with Crippen molar-refractivity contribution in [3.05, 3.63) is 12.1 Å². The second-order valence-electron chi connectivity index (χ2n) is 4.22. The molecule has 1 fully saturated rings. The number of carbonyl (C=O) groups is 1. The molecule has 1 atom stereocenters. The highest BCUT2D eigenvalue weighted by Crippen LogP contribution is 2.21. The zero-order valence-electron chi connectivity index (χ0n) is 9.89. The zero-order valence-corrected chi connectivity index (χ0v) is 9.89. The number of nitrogens with two attached hydrogens (primary N) is 1. The molecule has 0 aromatic carbocycles. The van der Waals surface area contributed by atoms with Gasteiger partial charge in [-0.3, -0.25) is 4.79 Å². The fourth-order valence-corrected chi connectivity index (χ4v) is 2.11. The normalized spacial score (nSPS) is 20.1. The van der Waals surface area contributed by atoms with Gasteiger partial charge in [0.05, 0.1) is 5.92 Å². The highest BCUT2D eigenvalue weighted by molar-refractivity contribution is 5.79. The van der Waals surface area contributed by atoms with E-state index in [4.69, 9.17) is 5.73 Å². The van der Waals surface area contributed by atoms with E-state index in [2.05, 4.69) is 20.4 Å². The average Bonchev–Trinajstić information content (AvgIpc) is 2.39. The summed E-state index contributed by atoms with van der Waals surface area (Å²) in [5.41, 5.74) is 5.50. The summed E-state index contributed by atoms with van der Waals surface area (Å²) in [6.07, 6.45) is 1.92. The Hall–Kier alpha value is -1.85. The topological polar surface area (TPSA) is 84.1 Å². The monoisotopic (exact) mass is 235 g/mol. The van der Waals surface area contributed by atoms with Crippen molar-refractivity contribution in [2.45, 2.75) is 12.8 Å². The van der Waals surface area contributed by atoms with E-state index < -0.39 is 0 Å². The van der Waals surface area contributed by atoms with Gasteiger partial charge in [-0.15, -0.1) is 10.2 Å². The Morgan fingerprint density at radius 3 is 3.00 bits per heavy atom. The summed E-state index contributed by atoms with van der Waals surface area (Å²) in [7, 11) is 1.67. The third kappa shape index (κ3) is 2.64. The van der Waals surface area contributed by atoms with Crippen molar-refractivity contribution in [1.82, 2.24) is 15.5 Å². The van der Waals surface area contributed by atoms with Gasteiger partial charge in [0, 0.05) is 20.1 Å². The molecule has 1 aliphatic rings. The first-order chi connectivity index (χ1) is 8.20. The fourth-order valence-electron chi connectivity index (χ4n) is 2.11. The Labute approximate surface area is 100 Å². The van der Waals surface area contributed by atoms with Crippen LogP contribution in [0.1, 0.15) is 12.8 Å². The van der Waals surface area contributed by atoms with Gasteiger partial charge in [-0.05, 0) is 25.0 Å². The van der Waals surface area contributed by atoms with E-state index in [9.17, 15) is 4.79 Å². The van der Waals surface area contributed by atoms with Crippen molar-refractivity contribution in [2.24, 2.45) is 5.92 Å². The minimum absolute atomic E-state index is 0.0353. The van der Waals surface area contributed by atoms with Crippen molar-refractivity contribution in [3.8, 4) is 0 Å². The first-order valence-electron chi connectivity index (χ1n) is 5.76. The van der Waals surface area contributed by atoms with E-state index in [1.807, 2.05) is 6.07 Å². The van der Waals surface area contributed by atoms with E-state index in [1.165, 1.54) is 0 Å². The predicted molar refractivity (Wildman–Crippen MR) is 65.4 cm³/mol. The number of nitrogen functional groups attached to an aromatic ring is 1. The fraction of sp³-hybridized carbons (Fsp3) is 0.545. The minimum Gasteiger partial charge on any atom is -0.382 e. The van der Waals surface area contributed by atoms with E-state index in [0.717, 1.165) is 25.2 Å². The number of hydrogen-bond donors (Lipinski definition) is 2. The van der Waals surface area contributed by atoms with Gasteiger partial charge >= 0.3 is 0 Å². The molecule has 2 rings (SSSR count). The van der Waals surface area contributed by atoms with Gasteiger partial charge in [-0.25, -0.2) is 0 Å². The molecule has 0 spiro atoms. The molecule has 6 nitrogen and oxygen atoms in total. The van der Waals surface area contributed by atoms with Crippen LogP contribution in [-0.2, 0) is 4.79 Å². The largest absolute Gasteiger partial charge is 0.382 e. The van der Waals surface area contributed by atoms with Gasteiger partial charge in [0.2, 0.25) is 5.91 Å². The summed E-state index contributed by atoms with van der Waals surface area (Å²) >= 11 is 0. The Morgan fingerprint density at radius 2 is 2.35 bits per heavy atom. The van der Waals surface area contributed by atoms with Gasteiger partial charge in [0.15, 0.2) is 5.82 Å². The van der Waals surface area contributed by atoms with Crippen molar-refractivity contribution in [1.29, 1.82) is 0 Å². The van der Waals surface area contributed by atoms with E-state index in [1.54, 1.807) is 13.1 Å². The second kappa shape index (κ2) is 4.99. The number of piperidine rings is 1. The Morgan fingerprint density at radius 1 is 1.53 bits per heavy atom. The van der Waals surface area contributed by atoms with Gasteiger partial charge in [-0.1, -0.05) is 0 Å². The molecular weight excluding hydrogens is 218 g/mol. The van der Waals surface area contributed by atoms with Crippen molar-refractivity contribution in [2.75, 3.05) is 30.8 Å². The van der Waals surface area contributed by atoms with Crippen LogP contribution in [-0.4, -0.2) is 36.2 Å². The number of nitrogens with one attached hydrogen (secondary N) is 1. The van der Waals surface area contributed by atoms with Crippen molar-refractivity contribution >= 4 is 17.5 Å². The van der Waals surface area contributed by atoms with Crippen LogP contribution in [0.15, 0.2) is 12.1 Å². The second-order valence-corrected chi connectivity index (χ2v) is 4.22. The molecule has 1 aromatic heterocycles. The highest BCUT2D eigenvalue weighted by atomic mass is 16.1. The van der Waals surface area contributed by atoms with Crippen LogP contribution in [0.4, 0.5) is 11.6 Å². The Kier molecular flexibility index (Phi) is 3.41. The Balaban J connectivity index is 2.06. The molecule has 0 aliphatic carbocycles. The number of carbonyl (C=O) groups excluding carboxylic acids is 1. The smallest absolute Gasteiger partial charge is 0.224 e. The van der Waals surface area contributed by atoms with Gasteiger partial charge in [0.25, 0.3) is 0 Å². The maximum atomic E-state index is 11.6. The standard InChI is InChI=1S/C11H17N5O/c1-13-11(17)8-3-2-6-16(7-8)10-5-4-9(12)14-15-10/h4-5,8H,2-3,6-7H2,1H3,(H2,12,14)(H,13,17). The molecule has 1 aromatic rings. The van der Waals surface area contributed by atoms with E-state index in [-0.39, 0.29) is 11.8 Å². The van der Waals surface area contributed by atoms with Crippen LogP contribution in [0, 0.1) is 5.92 Å². The van der Waals surface area contributed by atoms with Crippen LogP contribution in [0.3, 0.4) is 0 Å². The van der Waals surface area contributed by atoms with Crippen LogP contribution >= 0.6 is 0 Å². The third-order valence-electron chi connectivity index (χ3n) is 3.03. The molecule has 1 unspecified atom stereocenters. The lowest BCUT2D eigenvalue weighted by Gasteiger charge is -2.32. The van der Waals surface area contributed by atoms with Crippen molar-refractivity contribution in [3.63, 3.8) is 0 Å². The van der Waals surface area contributed by atoms with Gasteiger partial charge in [0.1, 0.15) is 5.82 Å². The Bertz CT molecular complexity index is 391. The zero-order chi connectivity index (χ0) is 12.3.